The van der Waals surface area contributed by atoms with Crippen LogP contribution in [0.25, 0.3) is 0 Å². The summed E-state index contributed by atoms with van der Waals surface area (Å²) < 4.78 is 4.79. The van der Waals surface area contributed by atoms with E-state index >= 15 is 0 Å². The van der Waals surface area contributed by atoms with Gasteiger partial charge >= 0.3 is 0 Å². The molecule has 0 saturated carbocycles. The molecule has 0 aromatic heterocycles. The maximum Gasteiger partial charge on any atom is 0.0658 e. The average Bonchev–Trinajstić information content (AvgIpc) is 1.98. The summed E-state index contributed by atoms with van der Waals surface area (Å²) in [7, 11) is 1.65. The molecule has 0 aliphatic carbocycles. The van der Waals surface area contributed by atoms with Gasteiger partial charge in [0.25, 0.3) is 0 Å². The van der Waals surface area contributed by atoms with Gasteiger partial charge in [-0.05, 0) is 18.7 Å². The molecule has 0 radical (unpaired) electrons. The predicted molar refractivity (Wildman–Crippen MR) is 43.2 cm³/mol. The first-order valence-electron chi connectivity index (χ1n) is 3.18. The topological polar surface area (TPSA) is 47.6 Å². The highest BCUT2D eigenvalue weighted by molar-refractivity contribution is 5.77. The van der Waals surface area contributed by atoms with Crippen molar-refractivity contribution in [3.05, 3.63) is 11.8 Å². The summed E-state index contributed by atoms with van der Waals surface area (Å²) in [6.07, 6.45) is 3.26. The minimum absolute atomic E-state index is 0.661. The second-order valence-electron chi connectivity index (χ2n) is 1.94. The SMILES string of the molecule is COCCN=C/C(C)=C\N. The Hall–Kier alpha value is -0.830. The number of hydrogen-bond acceptors (Lipinski definition) is 3. The average molecular weight is 142 g/mol. The molecule has 0 fully saturated rings. The molecule has 3 heteroatoms. The van der Waals surface area contributed by atoms with Gasteiger partial charge in [0, 0.05) is 13.3 Å². The maximum atomic E-state index is 5.20. The van der Waals surface area contributed by atoms with Crippen LogP contribution in [0, 0.1) is 0 Å². The number of nitrogens with two attached hydrogens (primary N) is 1. The van der Waals surface area contributed by atoms with Gasteiger partial charge in [-0.25, -0.2) is 0 Å². The van der Waals surface area contributed by atoms with Gasteiger partial charge in [0.2, 0.25) is 0 Å². The summed E-state index contributed by atoms with van der Waals surface area (Å²) in [5.41, 5.74) is 6.17. The first kappa shape index (κ1) is 9.17. The Labute approximate surface area is 61.6 Å². The van der Waals surface area contributed by atoms with Gasteiger partial charge in [-0.1, -0.05) is 0 Å². The first-order chi connectivity index (χ1) is 4.81. The Balaban J connectivity index is 3.37. The van der Waals surface area contributed by atoms with Gasteiger partial charge in [-0.15, -0.1) is 0 Å². The van der Waals surface area contributed by atoms with Crippen LogP contribution in [-0.2, 0) is 4.74 Å². The van der Waals surface area contributed by atoms with Crippen molar-refractivity contribution in [2.45, 2.75) is 6.92 Å². The molecule has 0 aromatic rings. The zero-order valence-electron chi connectivity index (χ0n) is 6.50. The van der Waals surface area contributed by atoms with E-state index in [1.165, 1.54) is 6.20 Å². The Morgan fingerprint density at radius 3 is 2.90 bits per heavy atom. The Bertz CT molecular complexity index is 130. The number of hydrogen-bond donors (Lipinski definition) is 1. The Kier molecular flexibility index (Phi) is 5.77. The molecular weight excluding hydrogens is 128 g/mol. The lowest BCUT2D eigenvalue weighted by molar-refractivity contribution is 0.208. The second kappa shape index (κ2) is 6.29. The van der Waals surface area contributed by atoms with Crippen molar-refractivity contribution in [1.29, 1.82) is 0 Å². The Morgan fingerprint density at radius 2 is 2.40 bits per heavy atom. The molecule has 0 aliphatic heterocycles. The Morgan fingerprint density at radius 1 is 1.70 bits per heavy atom. The van der Waals surface area contributed by atoms with Gasteiger partial charge in [-0.2, -0.15) is 0 Å². The van der Waals surface area contributed by atoms with Crippen LogP contribution in [0.5, 0.6) is 0 Å². The van der Waals surface area contributed by atoms with Gasteiger partial charge in [0.15, 0.2) is 0 Å². The van der Waals surface area contributed by atoms with Crippen LogP contribution in [0.1, 0.15) is 6.92 Å². The van der Waals surface area contributed by atoms with Crippen molar-refractivity contribution in [2.75, 3.05) is 20.3 Å². The van der Waals surface area contributed by atoms with E-state index in [4.69, 9.17) is 10.5 Å². The van der Waals surface area contributed by atoms with Crippen molar-refractivity contribution in [3.63, 3.8) is 0 Å². The maximum absolute atomic E-state index is 5.20. The number of ether oxygens (including phenoxy) is 1. The number of nitrogens with zero attached hydrogens (tertiary/aromatic N) is 1. The lowest BCUT2D eigenvalue weighted by Crippen LogP contribution is -1.93. The van der Waals surface area contributed by atoms with E-state index in [0.29, 0.717) is 13.2 Å². The zero-order valence-corrected chi connectivity index (χ0v) is 6.50. The molecule has 0 saturated heterocycles. The monoisotopic (exact) mass is 142 g/mol. The van der Waals surface area contributed by atoms with Crippen LogP contribution in [0.3, 0.4) is 0 Å². The van der Waals surface area contributed by atoms with Crippen molar-refractivity contribution in [3.8, 4) is 0 Å². The van der Waals surface area contributed by atoms with Crippen LogP contribution in [0.15, 0.2) is 16.8 Å². The van der Waals surface area contributed by atoms with E-state index in [0.717, 1.165) is 5.57 Å². The van der Waals surface area contributed by atoms with E-state index in [1.54, 1.807) is 13.3 Å². The second-order valence-corrected chi connectivity index (χ2v) is 1.94. The summed E-state index contributed by atoms with van der Waals surface area (Å²) in [6, 6.07) is 0. The third-order valence-corrected chi connectivity index (χ3v) is 0.982. The molecule has 0 aliphatic rings. The molecule has 58 valence electrons. The summed E-state index contributed by atoms with van der Waals surface area (Å²) in [5.74, 6) is 0. The largest absolute Gasteiger partial charge is 0.404 e. The lowest BCUT2D eigenvalue weighted by atomic mass is 10.4. The molecule has 3 nitrogen and oxygen atoms in total. The molecule has 0 aromatic carbocycles. The van der Waals surface area contributed by atoms with Crippen LogP contribution >= 0.6 is 0 Å². The fourth-order valence-corrected chi connectivity index (χ4v) is 0.396. The van der Waals surface area contributed by atoms with E-state index in [2.05, 4.69) is 4.99 Å². The molecule has 0 bridgehead atoms. The summed E-state index contributed by atoms with van der Waals surface area (Å²) in [6.45, 7) is 3.26. The van der Waals surface area contributed by atoms with Gasteiger partial charge in [0.1, 0.15) is 0 Å². The fourth-order valence-electron chi connectivity index (χ4n) is 0.396. The van der Waals surface area contributed by atoms with E-state index in [1.807, 2.05) is 6.92 Å². The molecule has 0 unspecified atom stereocenters. The smallest absolute Gasteiger partial charge is 0.0658 e. The normalized spacial score (nSPS) is 12.8. The number of aliphatic imine (C=N–C) groups is 1. The predicted octanol–water partition coefficient (Wildman–Crippen LogP) is 0.566. The fraction of sp³-hybridized carbons (Fsp3) is 0.571. The molecule has 0 spiro atoms. The third-order valence-electron chi connectivity index (χ3n) is 0.982. The minimum Gasteiger partial charge on any atom is -0.404 e. The molecule has 2 N–H and O–H groups in total. The number of methoxy groups -OCH3 is 1. The summed E-state index contributed by atoms with van der Waals surface area (Å²) in [5, 5.41) is 0. The van der Waals surface area contributed by atoms with Gasteiger partial charge in [0.05, 0.1) is 13.2 Å². The van der Waals surface area contributed by atoms with Crippen LogP contribution in [0.4, 0.5) is 0 Å². The first-order valence-corrected chi connectivity index (χ1v) is 3.18. The highest BCUT2D eigenvalue weighted by atomic mass is 16.5. The molecule has 0 amide bonds. The van der Waals surface area contributed by atoms with Crippen LogP contribution in [-0.4, -0.2) is 26.5 Å². The quantitative estimate of drug-likeness (QED) is 0.460. The van der Waals surface area contributed by atoms with E-state index < -0.39 is 0 Å². The third kappa shape index (κ3) is 5.31. The van der Waals surface area contributed by atoms with E-state index in [-0.39, 0.29) is 0 Å². The molecule has 0 rings (SSSR count). The number of allylic oxidation sites excluding steroid dienone is 1. The molecule has 0 heterocycles. The highest BCUT2D eigenvalue weighted by Crippen LogP contribution is 1.82. The highest BCUT2D eigenvalue weighted by Gasteiger charge is 1.79. The summed E-state index contributed by atoms with van der Waals surface area (Å²) >= 11 is 0. The minimum atomic E-state index is 0.661. The number of rotatable bonds is 4. The zero-order chi connectivity index (χ0) is 7.82. The van der Waals surface area contributed by atoms with Gasteiger partial charge < -0.3 is 10.5 Å². The van der Waals surface area contributed by atoms with Crippen molar-refractivity contribution in [1.82, 2.24) is 0 Å². The molecule has 10 heavy (non-hydrogen) atoms. The van der Waals surface area contributed by atoms with Crippen molar-refractivity contribution < 1.29 is 4.74 Å². The summed E-state index contributed by atoms with van der Waals surface area (Å²) in [4.78, 5) is 4.03. The standard InChI is InChI=1S/C7H14N2O/c1-7(5-8)6-9-3-4-10-2/h5-6H,3-4,8H2,1-2H3/b7-5-,9-6?. The van der Waals surface area contributed by atoms with Crippen molar-refractivity contribution >= 4 is 6.21 Å². The molecule has 0 atom stereocenters. The van der Waals surface area contributed by atoms with Crippen LogP contribution < -0.4 is 5.73 Å². The molecular formula is C7H14N2O. The lowest BCUT2D eigenvalue weighted by Gasteiger charge is -1.91. The van der Waals surface area contributed by atoms with Crippen molar-refractivity contribution in [2.24, 2.45) is 10.7 Å². The van der Waals surface area contributed by atoms with Crippen LogP contribution in [0.2, 0.25) is 0 Å². The van der Waals surface area contributed by atoms with Gasteiger partial charge in [-0.3, -0.25) is 4.99 Å². The van der Waals surface area contributed by atoms with E-state index in [9.17, 15) is 0 Å².